The van der Waals surface area contributed by atoms with Crippen LogP contribution < -0.4 is 5.32 Å². The molecule has 1 atom stereocenters. The maximum atomic E-state index is 13.2. The van der Waals surface area contributed by atoms with Crippen molar-refractivity contribution in [3.8, 4) is 0 Å². The molecule has 0 unspecified atom stereocenters. The molecule has 1 aliphatic carbocycles. The molecule has 3 rings (SSSR count). The first-order valence-electron chi connectivity index (χ1n) is 11.4. The van der Waals surface area contributed by atoms with Crippen LogP contribution in [0.3, 0.4) is 0 Å². The smallest absolute Gasteiger partial charge is 0.251 e. The number of hydrogen-bond donors (Lipinski definition) is 1. The number of sulfonamides is 1. The number of carbonyl (C=O) groups is 1. The van der Waals surface area contributed by atoms with Crippen molar-refractivity contribution in [1.82, 2.24) is 14.5 Å². The molecule has 1 fully saturated rings. The van der Waals surface area contributed by atoms with Gasteiger partial charge in [-0.25, -0.2) is 8.42 Å². The van der Waals surface area contributed by atoms with Gasteiger partial charge >= 0.3 is 0 Å². The van der Waals surface area contributed by atoms with Crippen molar-refractivity contribution in [1.29, 1.82) is 0 Å². The number of nitrogens with zero attached hydrogens (tertiary/aromatic N) is 2. The summed E-state index contributed by atoms with van der Waals surface area (Å²) in [4.78, 5) is 15.1. The van der Waals surface area contributed by atoms with Gasteiger partial charge in [0.1, 0.15) is 0 Å². The molecule has 0 radical (unpaired) electrons. The second-order valence-electron chi connectivity index (χ2n) is 8.86. The molecule has 0 bridgehead atoms. The Morgan fingerprint density at radius 2 is 1.69 bits per heavy atom. The summed E-state index contributed by atoms with van der Waals surface area (Å²) in [7, 11) is 2.01. The molecular formula is C25H35N3O3S. The molecule has 0 spiro atoms. The van der Waals surface area contributed by atoms with Crippen molar-refractivity contribution in [2.45, 2.75) is 55.5 Å². The molecule has 2 aromatic rings. The minimum absolute atomic E-state index is 0.0325. The second kappa shape index (κ2) is 11.1. The number of amides is 1. The van der Waals surface area contributed by atoms with Gasteiger partial charge in [-0.05, 0) is 57.1 Å². The molecule has 0 heterocycles. The van der Waals surface area contributed by atoms with Crippen LogP contribution in [0.4, 0.5) is 0 Å². The first-order chi connectivity index (χ1) is 15.3. The predicted octanol–water partition coefficient (Wildman–Crippen LogP) is 3.54. The summed E-state index contributed by atoms with van der Waals surface area (Å²) in [5, 5.41) is 2.98. The summed E-state index contributed by atoms with van der Waals surface area (Å²) < 4.78 is 27.8. The lowest BCUT2D eigenvalue weighted by molar-refractivity contribution is 0.0941. The van der Waals surface area contributed by atoms with E-state index in [1.54, 1.807) is 25.2 Å². The Labute approximate surface area is 192 Å². The average molecular weight is 458 g/mol. The molecular weight excluding hydrogens is 422 g/mol. The lowest BCUT2D eigenvalue weighted by Crippen LogP contribution is -2.41. The lowest BCUT2D eigenvalue weighted by Gasteiger charge is -2.30. The van der Waals surface area contributed by atoms with Crippen molar-refractivity contribution in [2.75, 3.05) is 27.7 Å². The van der Waals surface area contributed by atoms with Gasteiger partial charge < -0.3 is 10.2 Å². The Bertz CT molecular complexity index is 987. The fraction of sp³-hybridized carbons (Fsp3) is 0.480. The van der Waals surface area contributed by atoms with Crippen LogP contribution in [0.15, 0.2) is 59.5 Å². The molecule has 6 nitrogen and oxygen atoms in total. The number of carbonyl (C=O) groups excluding carboxylic acids is 1. The van der Waals surface area contributed by atoms with Gasteiger partial charge in [0.2, 0.25) is 10.0 Å². The number of nitrogens with one attached hydrogen (secondary N) is 1. The molecule has 1 aliphatic rings. The second-order valence-corrected chi connectivity index (χ2v) is 10.9. The van der Waals surface area contributed by atoms with Crippen LogP contribution in [0.1, 0.15) is 48.0 Å². The number of rotatable bonds is 9. The lowest BCUT2D eigenvalue weighted by atomic mass is 9.96. The maximum absolute atomic E-state index is 13.2. The molecule has 1 N–H and O–H groups in total. The summed E-state index contributed by atoms with van der Waals surface area (Å²) in [6, 6.07) is 16.7. The zero-order valence-corrected chi connectivity index (χ0v) is 20.1. The van der Waals surface area contributed by atoms with E-state index in [0.29, 0.717) is 12.1 Å². The van der Waals surface area contributed by atoms with E-state index in [1.165, 1.54) is 15.9 Å². The number of likely N-dealkylation sites (N-methyl/N-ethyl adjacent to an activating group) is 1. The fourth-order valence-electron chi connectivity index (χ4n) is 4.24. The third-order valence-electron chi connectivity index (χ3n) is 6.40. The summed E-state index contributed by atoms with van der Waals surface area (Å²) >= 11 is 0. The molecule has 0 aromatic heterocycles. The Balaban J connectivity index is 1.67. The van der Waals surface area contributed by atoms with Gasteiger partial charge in [0, 0.05) is 31.2 Å². The first kappa shape index (κ1) is 24.4. The summed E-state index contributed by atoms with van der Waals surface area (Å²) in [5.74, 6) is -0.262. The Morgan fingerprint density at radius 3 is 2.34 bits per heavy atom. The highest BCUT2D eigenvalue weighted by molar-refractivity contribution is 7.89. The zero-order valence-electron chi connectivity index (χ0n) is 19.3. The van der Waals surface area contributed by atoms with Gasteiger partial charge in [0.25, 0.3) is 5.91 Å². The SMILES string of the molecule is CN(C)[C@@H](CNC(=O)c1cccc(S(=O)(=O)N(C)C2CCCCC2)c1)Cc1ccccc1. The minimum Gasteiger partial charge on any atom is -0.350 e. The van der Waals surface area contributed by atoms with Crippen molar-refractivity contribution < 1.29 is 13.2 Å². The zero-order chi connectivity index (χ0) is 23.1. The maximum Gasteiger partial charge on any atom is 0.251 e. The molecule has 0 aliphatic heterocycles. The third kappa shape index (κ3) is 6.18. The van der Waals surface area contributed by atoms with Crippen molar-refractivity contribution in [2.24, 2.45) is 0 Å². The van der Waals surface area contributed by atoms with Crippen molar-refractivity contribution >= 4 is 15.9 Å². The number of benzene rings is 2. The van der Waals surface area contributed by atoms with Gasteiger partial charge in [-0.2, -0.15) is 4.31 Å². The van der Waals surface area contributed by atoms with Gasteiger partial charge in [0.05, 0.1) is 4.90 Å². The standard InChI is InChI=1S/C25H35N3O3S/c1-27(2)23(17-20-11-6-4-7-12-20)19-26-25(29)21-13-10-16-24(18-21)32(30,31)28(3)22-14-8-5-9-15-22/h4,6-7,10-13,16,18,22-23H,5,8-9,14-15,17,19H2,1-3H3,(H,26,29)/t23-/m1/s1. The highest BCUT2D eigenvalue weighted by atomic mass is 32.2. The molecule has 1 saturated carbocycles. The number of hydrogen-bond acceptors (Lipinski definition) is 4. The van der Waals surface area contributed by atoms with E-state index in [0.717, 1.165) is 38.5 Å². The van der Waals surface area contributed by atoms with E-state index >= 15 is 0 Å². The minimum atomic E-state index is -3.63. The molecule has 7 heteroatoms. The molecule has 0 saturated heterocycles. The molecule has 2 aromatic carbocycles. The average Bonchev–Trinajstić information content (AvgIpc) is 2.82. The molecule has 32 heavy (non-hydrogen) atoms. The van der Waals surface area contributed by atoms with E-state index in [9.17, 15) is 13.2 Å². The summed E-state index contributed by atoms with van der Waals surface area (Å²) in [6.07, 6.45) is 5.88. The van der Waals surface area contributed by atoms with Crippen LogP contribution in [0, 0.1) is 0 Å². The largest absolute Gasteiger partial charge is 0.350 e. The van der Waals surface area contributed by atoms with Crippen LogP contribution in [0.5, 0.6) is 0 Å². The summed E-state index contributed by atoms with van der Waals surface area (Å²) in [5.41, 5.74) is 1.57. The Morgan fingerprint density at radius 1 is 1.00 bits per heavy atom. The van der Waals surface area contributed by atoms with E-state index in [1.807, 2.05) is 32.3 Å². The van der Waals surface area contributed by atoms with Crippen LogP contribution >= 0.6 is 0 Å². The van der Waals surface area contributed by atoms with Gasteiger partial charge in [0.15, 0.2) is 0 Å². The summed E-state index contributed by atoms with van der Waals surface area (Å²) in [6.45, 7) is 0.472. The molecule has 1 amide bonds. The van der Waals surface area contributed by atoms with E-state index < -0.39 is 10.0 Å². The topological polar surface area (TPSA) is 69.7 Å². The molecule has 174 valence electrons. The van der Waals surface area contributed by atoms with Crippen LogP contribution in [-0.4, -0.2) is 63.3 Å². The highest BCUT2D eigenvalue weighted by Gasteiger charge is 2.29. The van der Waals surface area contributed by atoms with Gasteiger partial charge in [-0.3, -0.25) is 4.79 Å². The van der Waals surface area contributed by atoms with Crippen molar-refractivity contribution in [3.05, 3.63) is 65.7 Å². The monoisotopic (exact) mass is 457 g/mol. The Kier molecular flexibility index (Phi) is 8.45. The van der Waals surface area contributed by atoms with E-state index in [4.69, 9.17) is 0 Å². The van der Waals surface area contributed by atoms with Gasteiger partial charge in [-0.15, -0.1) is 0 Å². The van der Waals surface area contributed by atoms with Crippen LogP contribution in [0.2, 0.25) is 0 Å². The Hall–Kier alpha value is -2.22. The van der Waals surface area contributed by atoms with E-state index in [2.05, 4.69) is 22.3 Å². The third-order valence-corrected chi connectivity index (χ3v) is 8.31. The quantitative estimate of drug-likeness (QED) is 0.625. The predicted molar refractivity (Wildman–Crippen MR) is 128 cm³/mol. The van der Waals surface area contributed by atoms with Crippen LogP contribution in [-0.2, 0) is 16.4 Å². The normalized spacial score (nSPS) is 16.3. The van der Waals surface area contributed by atoms with Gasteiger partial charge in [-0.1, -0.05) is 55.7 Å². The van der Waals surface area contributed by atoms with Crippen molar-refractivity contribution in [3.63, 3.8) is 0 Å². The van der Waals surface area contributed by atoms with Crippen LogP contribution in [0.25, 0.3) is 0 Å². The highest BCUT2D eigenvalue weighted by Crippen LogP contribution is 2.26. The van der Waals surface area contributed by atoms with E-state index in [-0.39, 0.29) is 22.9 Å². The first-order valence-corrected chi connectivity index (χ1v) is 12.8. The fourth-order valence-corrected chi connectivity index (χ4v) is 5.70.